The number of ether oxygens (including phenoxy) is 2. The molecule has 0 N–H and O–H groups in total. The SMILES string of the molecule is C=CC(=O)Oc1ccc2cc3ccccc3cc2c1OC(=O)C=C. The second-order valence-electron chi connectivity index (χ2n) is 5.06. The standard InChI is InChI=1S/C20H14O4/c1-3-18(21)23-17-10-9-15-11-13-7-5-6-8-14(13)12-16(15)20(17)24-19(22)4-2/h3-12H,1-2H2. The molecule has 0 spiro atoms. The van der Waals surface area contributed by atoms with Crippen molar-refractivity contribution in [3.05, 3.63) is 73.8 Å². The number of hydrogen-bond donors (Lipinski definition) is 0. The number of carbonyl (C=O) groups excluding carboxylic acids is 2. The Morgan fingerprint density at radius 3 is 2.08 bits per heavy atom. The Balaban J connectivity index is 2.26. The molecule has 0 aliphatic heterocycles. The van der Waals surface area contributed by atoms with E-state index >= 15 is 0 Å². The lowest BCUT2D eigenvalue weighted by molar-refractivity contribution is -0.131. The summed E-state index contributed by atoms with van der Waals surface area (Å²) in [6, 6.07) is 15.1. The summed E-state index contributed by atoms with van der Waals surface area (Å²) in [5.41, 5.74) is 0. The summed E-state index contributed by atoms with van der Waals surface area (Å²) in [6.45, 7) is 6.76. The van der Waals surface area contributed by atoms with Crippen molar-refractivity contribution in [1.82, 2.24) is 0 Å². The van der Waals surface area contributed by atoms with E-state index in [-0.39, 0.29) is 11.5 Å². The zero-order chi connectivity index (χ0) is 17.1. The van der Waals surface area contributed by atoms with E-state index in [9.17, 15) is 9.59 Å². The van der Waals surface area contributed by atoms with Gasteiger partial charge in [0.25, 0.3) is 0 Å². The predicted molar refractivity (Wildman–Crippen MR) is 93.1 cm³/mol. The van der Waals surface area contributed by atoms with Crippen molar-refractivity contribution in [2.24, 2.45) is 0 Å². The van der Waals surface area contributed by atoms with Gasteiger partial charge in [0.05, 0.1) is 0 Å². The van der Waals surface area contributed by atoms with E-state index in [1.807, 2.05) is 36.4 Å². The van der Waals surface area contributed by atoms with Crippen molar-refractivity contribution in [1.29, 1.82) is 0 Å². The Bertz CT molecular complexity index is 986. The first-order chi connectivity index (χ1) is 11.6. The summed E-state index contributed by atoms with van der Waals surface area (Å²) in [5, 5.41) is 3.56. The highest BCUT2D eigenvalue weighted by molar-refractivity contribution is 6.03. The Hall–Kier alpha value is -3.40. The average molecular weight is 318 g/mol. The molecular weight excluding hydrogens is 304 g/mol. The van der Waals surface area contributed by atoms with Gasteiger partial charge in [-0.2, -0.15) is 0 Å². The van der Waals surface area contributed by atoms with Crippen molar-refractivity contribution >= 4 is 33.5 Å². The van der Waals surface area contributed by atoms with E-state index in [1.165, 1.54) is 0 Å². The number of fused-ring (bicyclic) bond motifs is 2. The van der Waals surface area contributed by atoms with Gasteiger partial charge in [-0.15, -0.1) is 0 Å². The number of hydrogen-bond acceptors (Lipinski definition) is 4. The van der Waals surface area contributed by atoms with Gasteiger partial charge in [0.2, 0.25) is 0 Å². The molecular formula is C20H14O4. The highest BCUT2D eigenvalue weighted by atomic mass is 16.6. The fourth-order valence-electron chi connectivity index (χ4n) is 2.44. The van der Waals surface area contributed by atoms with Gasteiger partial charge in [-0.3, -0.25) is 0 Å². The lowest BCUT2D eigenvalue weighted by atomic mass is 10.0. The molecule has 0 saturated carbocycles. The van der Waals surface area contributed by atoms with E-state index in [2.05, 4.69) is 13.2 Å². The minimum Gasteiger partial charge on any atom is -0.419 e. The molecule has 4 nitrogen and oxygen atoms in total. The topological polar surface area (TPSA) is 52.6 Å². The van der Waals surface area contributed by atoms with Crippen molar-refractivity contribution in [2.45, 2.75) is 0 Å². The predicted octanol–water partition coefficient (Wildman–Crippen LogP) is 4.18. The van der Waals surface area contributed by atoms with Crippen LogP contribution in [0.15, 0.2) is 73.8 Å². The Morgan fingerprint density at radius 2 is 1.42 bits per heavy atom. The van der Waals surface area contributed by atoms with Crippen molar-refractivity contribution in [3.63, 3.8) is 0 Å². The van der Waals surface area contributed by atoms with E-state index < -0.39 is 11.9 Å². The van der Waals surface area contributed by atoms with Crippen LogP contribution in [0.3, 0.4) is 0 Å². The number of benzene rings is 3. The van der Waals surface area contributed by atoms with Gasteiger partial charge in [-0.1, -0.05) is 43.5 Å². The molecule has 0 aliphatic rings. The van der Waals surface area contributed by atoms with Crippen LogP contribution in [0.2, 0.25) is 0 Å². The van der Waals surface area contributed by atoms with E-state index in [0.717, 1.165) is 28.3 Å². The van der Waals surface area contributed by atoms with Crippen molar-refractivity contribution in [2.75, 3.05) is 0 Å². The van der Waals surface area contributed by atoms with Crippen LogP contribution >= 0.6 is 0 Å². The minimum absolute atomic E-state index is 0.151. The van der Waals surface area contributed by atoms with Gasteiger partial charge in [0, 0.05) is 17.5 Å². The molecule has 3 aromatic rings. The van der Waals surface area contributed by atoms with Gasteiger partial charge >= 0.3 is 11.9 Å². The molecule has 118 valence electrons. The summed E-state index contributed by atoms with van der Waals surface area (Å²) in [6.07, 6.45) is 2.10. The molecule has 0 bridgehead atoms. The molecule has 0 aromatic heterocycles. The second kappa shape index (κ2) is 6.38. The third kappa shape index (κ3) is 2.90. The Morgan fingerprint density at radius 1 is 0.792 bits per heavy atom. The number of rotatable bonds is 4. The smallest absolute Gasteiger partial charge is 0.335 e. The normalized spacial score (nSPS) is 10.3. The minimum atomic E-state index is -0.633. The van der Waals surface area contributed by atoms with Gasteiger partial charge in [-0.25, -0.2) is 9.59 Å². The summed E-state index contributed by atoms with van der Waals surface area (Å²) in [5.74, 6) is -0.936. The molecule has 0 unspecified atom stereocenters. The second-order valence-corrected chi connectivity index (χ2v) is 5.06. The molecule has 0 fully saturated rings. The third-order valence-electron chi connectivity index (χ3n) is 3.55. The molecule has 0 atom stereocenters. The number of esters is 2. The molecule has 3 aromatic carbocycles. The highest BCUT2D eigenvalue weighted by Gasteiger charge is 2.16. The molecule has 0 amide bonds. The summed E-state index contributed by atoms with van der Waals surface area (Å²) < 4.78 is 10.5. The van der Waals surface area contributed by atoms with Crippen LogP contribution in [0.4, 0.5) is 0 Å². The first-order valence-corrected chi connectivity index (χ1v) is 7.26. The maximum atomic E-state index is 11.7. The molecule has 3 rings (SSSR count). The van der Waals surface area contributed by atoms with Crippen LogP contribution in [0.1, 0.15) is 0 Å². The fourth-order valence-corrected chi connectivity index (χ4v) is 2.44. The van der Waals surface area contributed by atoms with Crippen LogP contribution in [-0.4, -0.2) is 11.9 Å². The van der Waals surface area contributed by atoms with Gasteiger partial charge in [-0.05, 0) is 34.4 Å². The maximum Gasteiger partial charge on any atom is 0.335 e. The Labute approximate surface area is 138 Å². The molecule has 0 radical (unpaired) electrons. The molecule has 4 heteroatoms. The summed E-state index contributed by atoms with van der Waals surface area (Å²) in [7, 11) is 0. The zero-order valence-electron chi connectivity index (χ0n) is 12.8. The third-order valence-corrected chi connectivity index (χ3v) is 3.55. The quantitative estimate of drug-likeness (QED) is 0.313. The fraction of sp³-hybridized carbons (Fsp3) is 0. The van der Waals surface area contributed by atoms with Crippen LogP contribution in [0, 0.1) is 0 Å². The van der Waals surface area contributed by atoms with Crippen LogP contribution in [0.25, 0.3) is 21.5 Å². The van der Waals surface area contributed by atoms with Gasteiger partial charge in [0.15, 0.2) is 11.5 Å². The molecule has 0 aliphatic carbocycles. The first-order valence-electron chi connectivity index (χ1n) is 7.26. The zero-order valence-corrected chi connectivity index (χ0v) is 12.8. The van der Waals surface area contributed by atoms with Crippen molar-refractivity contribution in [3.8, 4) is 11.5 Å². The monoisotopic (exact) mass is 318 g/mol. The Kier molecular flexibility index (Phi) is 4.12. The van der Waals surface area contributed by atoms with E-state index in [4.69, 9.17) is 9.47 Å². The number of carbonyl (C=O) groups is 2. The van der Waals surface area contributed by atoms with Crippen molar-refractivity contribution < 1.29 is 19.1 Å². The highest BCUT2D eigenvalue weighted by Crippen LogP contribution is 2.38. The van der Waals surface area contributed by atoms with E-state index in [1.54, 1.807) is 12.1 Å². The lowest BCUT2D eigenvalue weighted by Crippen LogP contribution is -2.09. The van der Waals surface area contributed by atoms with E-state index in [0.29, 0.717) is 5.39 Å². The summed E-state index contributed by atoms with van der Waals surface area (Å²) in [4.78, 5) is 23.2. The summed E-state index contributed by atoms with van der Waals surface area (Å²) >= 11 is 0. The van der Waals surface area contributed by atoms with Gasteiger partial charge < -0.3 is 9.47 Å². The van der Waals surface area contributed by atoms with Crippen LogP contribution in [0.5, 0.6) is 11.5 Å². The molecule has 0 heterocycles. The lowest BCUT2D eigenvalue weighted by Gasteiger charge is -2.12. The average Bonchev–Trinajstić information content (AvgIpc) is 2.61. The van der Waals surface area contributed by atoms with Crippen LogP contribution in [-0.2, 0) is 9.59 Å². The molecule has 0 saturated heterocycles. The maximum absolute atomic E-state index is 11.7. The molecule has 24 heavy (non-hydrogen) atoms. The largest absolute Gasteiger partial charge is 0.419 e. The van der Waals surface area contributed by atoms with Gasteiger partial charge in [0.1, 0.15) is 0 Å². The first kappa shape index (κ1) is 15.5. The van der Waals surface area contributed by atoms with Crippen LogP contribution < -0.4 is 9.47 Å².